The summed E-state index contributed by atoms with van der Waals surface area (Å²) >= 11 is 0. The number of amides is 1. The van der Waals surface area contributed by atoms with Crippen LogP contribution in [0.1, 0.15) is 22.9 Å². The summed E-state index contributed by atoms with van der Waals surface area (Å²) in [7, 11) is 3.93. The third kappa shape index (κ3) is 3.84. The maximum Gasteiger partial charge on any atom is 0.256 e. The minimum atomic E-state index is -1.17. The van der Waals surface area contributed by atoms with Gasteiger partial charge in [0.25, 0.3) is 5.91 Å². The van der Waals surface area contributed by atoms with E-state index in [9.17, 15) is 9.90 Å². The summed E-state index contributed by atoms with van der Waals surface area (Å²) in [4.78, 5) is 26.1. The lowest BCUT2D eigenvalue weighted by Gasteiger charge is -2.32. The summed E-state index contributed by atoms with van der Waals surface area (Å²) in [5, 5.41) is 10.5. The first kappa shape index (κ1) is 19.1. The van der Waals surface area contributed by atoms with Gasteiger partial charge in [0, 0.05) is 31.8 Å². The van der Waals surface area contributed by atoms with Crippen LogP contribution < -0.4 is 4.90 Å². The molecule has 0 unspecified atom stereocenters. The highest BCUT2D eigenvalue weighted by Crippen LogP contribution is 2.29. The fourth-order valence-electron chi connectivity index (χ4n) is 3.64. The molecule has 0 fully saturated rings. The van der Waals surface area contributed by atoms with E-state index in [-0.39, 0.29) is 5.91 Å². The van der Waals surface area contributed by atoms with Crippen molar-refractivity contribution in [3.8, 4) is 11.4 Å². The first-order chi connectivity index (χ1) is 14.0. The smallest absolute Gasteiger partial charge is 0.256 e. The van der Waals surface area contributed by atoms with E-state index in [0.29, 0.717) is 30.9 Å². The number of hydrogen-bond acceptors (Lipinski definition) is 5. The maximum atomic E-state index is 12.9. The minimum Gasteiger partial charge on any atom is -0.378 e. The van der Waals surface area contributed by atoms with Gasteiger partial charge in [-0.3, -0.25) is 4.79 Å². The molecule has 0 radical (unpaired) electrons. The maximum absolute atomic E-state index is 12.9. The van der Waals surface area contributed by atoms with Crippen LogP contribution in [0.15, 0.2) is 60.7 Å². The Morgan fingerprint density at radius 3 is 2.34 bits per heavy atom. The molecule has 3 aromatic rings. The molecule has 1 atom stereocenters. The summed E-state index contributed by atoms with van der Waals surface area (Å²) in [6, 6.07) is 18.9. The van der Waals surface area contributed by atoms with Gasteiger partial charge >= 0.3 is 0 Å². The van der Waals surface area contributed by atoms with Gasteiger partial charge in [0.2, 0.25) is 0 Å². The normalized spacial score (nSPS) is 14.2. The van der Waals surface area contributed by atoms with Crippen LogP contribution in [0.5, 0.6) is 0 Å². The average Bonchev–Trinajstić information content (AvgIpc) is 2.78. The lowest BCUT2D eigenvalue weighted by atomic mass is 10.0. The molecule has 1 N–H and O–H groups in total. The first-order valence-corrected chi connectivity index (χ1v) is 9.69. The lowest BCUT2D eigenvalue weighted by Crippen LogP contribution is -2.40. The molecule has 2 aromatic carbocycles. The zero-order valence-electron chi connectivity index (χ0n) is 16.6. The molecule has 0 saturated heterocycles. The summed E-state index contributed by atoms with van der Waals surface area (Å²) in [6.07, 6.45) is -0.507. The van der Waals surface area contributed by atoms with Gasteiger partial charge in [-0.15, -0.1) is 0 Å². The second-order valence-corrected chi connectivity index (χ2v) is 7.38. The number of rotatable bonds is 4. The van der Waals surface area contributed by atoms with Crippen LogP contribution in [0, 0.1) is 0 Å². The summed E-state index contributed by atoms with van der Waals surface area (Å²) in [5.74, 6) is 1.23. The predicted octanol–water partition coefficient (Wildman–Crippen LogP) is 2.83. The number of fused-ring (bicyclic) bond motifs is 1. The van der Waals surface area contributed by atoms with Crippen molar-refractivity contribution in [1.29, 1.82) is 0 Å². The number of benzene rings is 2. The lowest BCUT2D eigenvalue weighted by molar-refractivity contribution is -0.141. The summed E-state index contributed by atoms with van der Waals surface area (Å²) in [5.41, 5.74) is 3.44. The van der Waals surface area contributed by atoms with E-state index in [1.807, 2.05) is 67.5 Å². The van der Waals surface area contributed by atoms with Crippen molar-refractivity contribution in [3.05, 3.63) is 77.5 Å². The van der Waals surface area contributed by atoms with Crippen LogP contribution >= 0.6 is 0 Å². The molecular formula is C23H24N4O2. The third-order valence-corrected chi connectivity index (χ3v) is 5.16. The zero-order chi connectivity index (χ0) is 20.4. The molecule has 0 bridgehead atoms. The Labute approximate surface area is 170 Å². The minimum absolute atomic E-state index is 0.298. The van der Waals surface area contributed by atoms with E-state index in [1.54, 1.807) is 17.0 Å². The molecule has 2 heterocycles. The van der Waals surface area contributed by atoms with Crippen LogP contribution in [-0.4, -0.2) is 46.5 Å². The van der Waals surface area contributed by atoms with Gasteiger partial charge in [0.15, 0.2) is 11.9 Å². The highest BCUT2D eigenvalue weighted by Gasteiger charge is 2.30. The van der Waals surface area contributed by atoms with Gasteiger partial charge < -0.3 is 14.9 Å². The number of aromatic nitrogens is 2. The average molecular weight is 388 g/mol. The standard InChI is InChI=1S/C23H24N4O2/c1-26(2)22-18-13-14-27(23(29)20(28)16-9-5-3-6-10-16)15-19(18)24-21(25-22)17-11-7-4-8-12-17/h3-12,20,28H,13-15H2,1-2H3/t20-/m0/s1. The molecule has 0 saturated carbocycles. The number of anilines is 1. The van der Waals surface area contributed by atoms with Crippen LogP contribution in [0.4, 0.5) is 5.82 Å². The van der Waals surface area contributed by atoms with Gasteiger partial charge in [-0.1, -0.05) is 60.7 Å². The second-order valence-electron chi connectivity index (χ2n) is 7.38. The number of aliphatic hydroxyl groups is 1. The van der Waals surface area contributed by atoms with Gasteiger partial charge in [-0.05, 0) is 12.0 Å². The van der Waals surface area contributed by atoms with Crippen LogP contribution in [0.2, 0.25) is 0 Å². The molecule has 1 aromatic heterocycles. The molecule has 0 aliphatic carbocycles. The van der Waals surface area contributed by atoms with Crippen molar-refractivity contribution in [3.63, 3.8) is 0 Å². The summed E-state index contributed by atoms with van der Waals surface area (Å²) < 4.78 is 0. The highest BCUT2D eigenvalue weighted by atomic mass is 16.3. The van der Waals surface area contributed by atoms with Crippen molar-refractivity contribution < 1.29 is 9.90 Å². The van der Waals surface area contributed by atoms with Gasteiger partial charge in [0.1, 0.15) is 5.82 Å². The number of carbonyl (C=O) groups is 1. The van der Waals surface area contributed by atoms with E-state index >= 15 is 0 Å². The largest absolute Gasteiger partial charge is 0.378 e. The Morgan fingerprint density at radius 2 is 1.69 bits per heavy atom. The highest BCUT2D eigenvalue weighted by molar-refractivity contribution is 5.82. The number of aliphatic hydroxyl groups excluding tert-OH is 1. The van der Waals surface area contributed by atoms with Crippen LogP contribution in [-0.2, 0) is 17.8 Å². The monoisotopic (exact) mass is 388 g/mol. The first-order valence-electron chi connectivity index (χ1n) is 9.69. The zero-order valence-corrected chi connectivity index (χ0v) is 16.6. The molecule has 6 nitrogen and oxygen atoms in total. The Kier molecular flexibility index (Phi) is 5.27. The fourth-order valence-corrected chi connectivity index (χ4v) is 3.64. The molecular weight excluding hydrogens is 364 g/mol. The van der Waals surface area contributed by atoms with Gasteiger partial charge in [-0.25, -0.2) is 9.97 Å². The van der Waals surface area contributed by atoms with Crippen molar-refractivity contribution >= 4 is 11.7 Å². The predicted molar refractivity (Wildman–Crippen MR) is 112 cm³/mol. The molecule has 1 aliphatic heterocycles. The van der Waals surface area contributed by atoms with Crippen molar-refractivity contribution in [2.75, 3.05) is 25.5 Å². The van der Waals surface area contributed by atoms with Gasteiger partial charge in [0.05, 0.1) is 12.2 Å². The number of nitrogens with zero attached hydrogens (tertiary/aromatic N) is 4. The fraction of sp³-hybridized carbons (Fsp3) is 0.261. The van der Waals surface area contributed by atoms with E-state index in [2.05, 4.69) is 0 Å². The topological polar surface area (TPSA) is 69.6 Å². The SMILES string of the molecule is CN(C)c1nc(-c2ccccc2)nc2c1CCN(C(=O)[C@@H](O)c1ccccc1)C2. The van der Waals surface area contributed by atoms with Crippen molar-refractivity contribution in [2.24, 2.45) is 0 Å². The molecule has 29 heavy (non-hydrogen) atoms. The van der Waals surface area contributed by atoms with E-state index in [0.717, 1.165) is 22.6 Å². The molecule has 148 valence electrons. The Balaban J connectivity index is 1.66. The molecule has 0 spiro atoms. The second kappa shape index (κ2) is 8.01. The van der Waals surface area contributed by atoms with Crippen molar-refractivity contribution in [2.45, 2.75) is 19.1 Å². The molecule has 6 heteroatoms. The number of carbonyl (C=O) groups excluding carboxylic acids is 1. The molecule has 1 aliphatic rings. The Bertz CT molecular complexity index is 1010. The quantitative estimate of drug-likeness (QED) is 0.744. The van der Waals surface area contributed by atoms with Crippen LogP contribution in [0.3, 0.4) is 0 Å². The van der Waals surface area contributed by atoms with E-state index in [4.69, 9.17) is 9.97 Å². The van der Waals surface area contributed by atoms with Gasteiger partial charge in [-0.2, -0.15) is 0 Å². The van der Waals surface area contributed by atoms with Crippen molar-refractivity contribution in [1.82, 2.24) is 14.9 Å². The number of hydrogen-bond donors (Lipinski definition) is 1. The summed E-state index contributed by atoms with van der Waals surface area (Å²) in [6.45, 7) is 0.895. The Morgan fingerprint density at radius 1 is 1.03 bits per heavy atom. The van der Waals surface area contributed by atoms with E-state index in [1.165, 1.54) is 0 Å². The molecule has 1 amide bonds. The third-order valence-electron chi connectivity index (χ3n) is 5.16. The van der Waals surface area contributed by atoms with E-state index < -0.39 is 6.10 Å². The van der Waals surface area contributed by atoms with Crippen LogP contribution in [0.25, 0.3) is 11.4 Å². The molecule has 4 rings (SSSR count). The Hall–Kier alpha value is -3.25.